The molecular formula is C30H50O2. The Hall–Kier alpha value is -0.370. The van der Waals surface area contributed by atoms with E-state index in [9.17, 15) is 9.90 Å². The SMILES string of the molecule is CC(C)[C@@H](C)[C@@]1(C)C[C@@H]1[C@@H](C)[C@H]1CC[C@H]2[C@@H]3C(=O)CC4C[C@@H](O)CC[C@]4(C)[C@H]3CC[C@]12C. The molecule has 0 radical (unpaired) electrons. The van der Waals surface area contributed by atoms with Crippen molar-refractivity contribution in [1.82, 2.24) is 0 Å². The molecule has 0 spiro atoms. The van der Waals surface area contributed by atoms with Gasteiger partial charge in [0.2, 0.25) is 0 Å². The van der Waals surface area contributed by atoms with Gasteiger partial charge in [-0.05, 0) is 115 Å². The Morgan fingerprint density at radius 3 is 2.22 bits per heavy atom. The summed E-state index contributed by atoms with van der Waals surface area (Å²) in [4.78, 5) is 13.6. The van der Waals surface area contributed by atoms with Crippen molar-refractivity contribution in [2.75, 3.05) is 0 Å². The summed E-state index contributed by atoms with van der Waals surface area (Å²) in [5.74, 6) is 6.51. The minimum atomic E-state index is -0.177. The van der Waals surface area contributed by atoms with Crippen molar-refractivity contribution in [3.8, 4) is 0 Å². The molecule has 5 rings (SSSR count). The van der Waals surface area contributed by atoms with E-state index in [1.807, 2.05) is 0 Å². The maximum Gasteiger partial charge on any atom is 0.136 e. The minimum Gasteiger partial charge on any atom is -0.393 e. The lowest BCUT2D eigenvalue weighted by molar-refractivity contribution is -0.161. The van der Waals surface area contributed by atoms with Crippen LogP contribution in [0.1, 0.15) is 106 Å². The largest absolute Gasteiger partial charge is 0.393 e. The van der Waals surface area contributed by atoms with Crippen molar-refractivity contribution in [2.24, 2.45) is 69.5 Å². The fraction of sp³-hybridized carbons (Fsp3) is 0.967. The molecule has 0 saturated heterocycles. The molecule has 0 bridgehead atoms. The van der Waals surface area contributed by atoms with Crippen molar-refractivity contribution in [3.05, 3.63) is 0 Å². The molecule has 0 aromatic heterocycles. The Morgan fingerprint density at radius 2 is 1.53 bits per heavy atom. The second kappa shape index (κ2) is 7.56. The van der Waals surface area contributed by atoms with Gasteiger partial charge in [0.1, 0.15) is 5.78 Å². The molecule has 182 valence electrons. The van der Waals surface area contributed by atoms with Crippen molar-refractivity contribution in [3.63, 3.8) is 0 Å². The number of Topliss-reactive ketones (excluding diaryl/α,β-unsaturated/α-hetero) is 1. The first-order chi connectivity index (χ1) is 14.9. The number of aliphatic hydroxyl groups is 1. The van der Waals surface area contributed by atoms with Crippen LogP contribution in [0.5, 0.6) is 0 Å². The summed E-state index contributed by atoms with van der Waals surface area (Å²) in [6.45, 7) is 17.5. The van der Waals surface area contributed by atoms with Gasteiger partial charge in [0.15, 0.2) is 0 Å². The lowest BCUT2D eigenvalue weighted by Crippen LogP contribution is -2.57. The normalized spacial score (nSPS) is 54.5. The molecule has 2 heteroatoms. The molecule has 0 aliphatic heterocycles. The molecule has 1 N–H and O–H groups in total. The molecule has 5 aliphatic carbocycles. The maximum absolute atomic E-state index is 13.6. The number of ketones is 1. The molecule has 2 nitrogen and oxygen atoms in total. The van der Waals surface area contributed by atoms with E-state index in [-0.39, 0.29) is 11.5 Å². The van der Waals surface area contributed by atoms with Gasteiger partial charge in [-0.2, -0.15) is 0 Å². The van der Waals surface area contributed by atoms with Crippen LogP contribution in [-0.2, 0) is 4.79 Å². The quantitative estimate of drug-likeness (QED) is 0.502. The number of aliphatic hydroxyl groups excluding tert-OH is 1. The summed E-state index contributed by atoms with van der Waals surface area (Å²) in [5, 5.41) is 10.3. The second-order valence-corrected chi connectivity index (χ2v) is 14.5. The van der Waals surface area contributed by atoms with E-state index >= 15 is 0 Å². The lowest BCUT2D eigenvalue weighted by Gasteiger charge is -2.60. The first-order valence-corrected chi connectivity index (χ1v) is 14.1. The van der Waals surface area contributed by atoms with Crippen LogP contribution in [0.15, 0.2) is 0 Å². The third kappa shape index (κ3) is 3.16. The predicted octanol–water partition coefficient (Wildman–Crippen LogP) is 7.14. The highest BCUT2D eigenvalue weighted by Crippen LogP contribution is 2.71. The van der Waals surface area contributed by atoms with Crippen molar-refractivity contribution < 1.29 is 9.90 Å². The van der Waals surface area contributed by atoms with Crippen LogP contribution in [0.2, 0.25) is 0 Å². The molecule has 12 atom stereocenters. The molecule has 0 heterocycles. The number of hydrogen-bond donors (Lipinski definition) is 1. The minimum absolute atomic E-state index is 0.177. The van der Waals surface area contributed by atoms with E-state index in [2.05, 4.69) is 48.5 Å². The van der Waals surface area contributed by atoms with Crippen LogP contribution >= 0.6 is 0 Å². The summed E-state index contributed by atoms with van der Waals surface area (Å²) < 4.78 is 0. The van der Waals surface area contributed by atoms with E-state index in [1.165, 1.54) is 32.1 Å². The fourth-order valence-corrected chi connectivity index (χ4v) is 10.6. The van der Waals surface area contributed by atoms with Crippen LogP contribution < -0.4 is 0 Å². The molecule has 0 aromatic rings. The molecular weight excluding hydrogens is 392 g/mol. The standard InChI is InChI=1S/C30H50O2/c1-17(2)19(4)30(7)16-25(30)18(3)22-8-9-23-27-24(11-13-29(22,23)6)28(5)12-10-21(31)14-20(28)15-26(27)32/h17-25,27,31H,8-16H2,1-7H3/t18-,19+,20?,21-,22+,23-,24-,25+,27-,28-,29+,30+/m0/s1. The van der Waals surface area contributed by atoms with Gasteiger partial charge in [0, 0.05) is 12.3 Å². The van der Waals surface area contributed by atoms with Crippen LogP contribution in [-0.4, -0.2) is 17.0 Å². The maximum atomic E-state index is 13.6. The van der Waals surface area contributed by atoms with Crippen molar-refractivity contribution >= 4 is 5.78 Å². The molecule has 5 saturated carbocycles. The Labute approximate surface area is 197 Å². The molecule has 0 amide bonds. The summed E-state index contributed by atoms with van der Waals surface area (Å²) in [5.41, 5.74) is 1.17. The van der Waals surface area contributed by atoms with E-state index in [4.69, 9.17) is 0 Å². The van der Waals surface area contributed by atoms with E-state index in [1.54, 1.807) is 0 Å². The molecule has 5 fully saturated rings. The highest BCUT2D eigenvalue weighted by molar-refractivity contribution is 5.83. The van der Waals surface area contributed by atoms with Gasteiger partial charge in [0.05, 0.1) is 6.10 Å². The first-order valence-electron chi connectivity index (χ1n) is 14.1. The average molecular weight is 443 g/mol. The number of carbonyl (C=O) groups excluding carboxylic acids is 1. The number of carbonyl (C=O) groups is 1. The van der Waals surface area contributed by atoms with Crippen molar-refractivity contribution in [2.45, 2.75) is 112 Å². The summed E-state index contributed by atoms with van der Waals surface area (Å²) in [6.07, 6.45) is 10.1. The van der Waals surface area contributed by atoms with Gasteiger partial charge in [0.25, 0.3) is 0 Å². The van der Waals surface area contributed by atoms with Gasteiger partial charge >= 0.3 is 0 Å². The van der Waals surface area contributed by atoms with Gasteiger partial charge in [-0.1, -0.05) is 48.5 Å². The second-order valence-electron chi connectivity index (χ2n) is 14.5. The number of hydrogen-bond acceptors (Lipinski definition) is 2. The predicted molar refractivity (Wildman–Crippen MR) is 131 cm³/mol. The van der Waals surface area contributed by atoms with Crippen LogP contribution in [0.25, 0.3) is 0 Å². The van der Waals surface area contributed by atoms with E-state index < -0.39 is 0 Å². The summed E-state index contributed by atoms with van der Waals surface area (Å²) in [7, 11) is 0. The summed E-state index contributed by atoms with van der Waals surface area (Å²) >= 11 is 0. The topological polar surface area (TPSA) is 37.3 Å². The lowest BCUT2D eigenvalue weighted by atomic mass is 9.44. The zero-order valence-corrected chi connectivity index (χ0v) is 22.0. The molecule has 1 unspecified atom stereocenters. The van der Waals surface area contributed by atoms with Crippen molar-refractivity contribution in [1.29, 1.82) is 0 Å². The zero-order chi connectivity index (χ0) is 23.2. The zero-order valence-electron chi connectivity index (χ0n) is 22.0. The van der Waals surface area contributed by atoms with Crippen LogP contribution in [0.3, 0.4) is 0 Å². The number of rotatable bonds is 4. The highest BCUT2D eigenvalue weighted by atomic mass is 16.3. The molecule has 0 aromatic carbocycles. The Bertz CT molecular complexity index is 758. The van der Waals surface area contributed by atoms with Gasteiger partial charge in [-0.25, -0.2) is 0 Å². The third-order valence-electron chi connectivity index (χ3n) is 13.2. The Balaban J connectivity index is 1.37. The van der Waals surface area contributed by atoms with Crippen LogP contribution in [0, 0.1) is 69.5 Å². The van der Waals surface area contributed by atoms with E-state index in [0.29, 0.717) is 40.3 Å². The van der Waals surface area contributed by atoms with Gasteiger partial charge < -0.3 is 5.11 Å². The first kappa shape index (κ1) is 23.4. The van der Waals surface area contributed by atoms with E-state index in [0.717, 1.165) is 55.3 Å². The Kier molecular flexibility index (Phi) is 5.52. The average Bonchev–Trinajstić information content (AvgIpc) is 3.30. The van der Waals surface area contributed by atoms with Gasteiger partial charge in [-0.3, -0.25) is 4.79 Å². The fourth-order valence-electron chi connectivity index (χ4n) is 10.6. The monoisotopic (exact) mass is 442 g/mol. The summed E-state index contributed by atoms with van der Waals surface area (Å²) in [6, 6.07) is 0. The molecule has 5 aliphatic rings. The third-order valence-corrected chi connectivity index (χ3v) is 13.2. The highest BCUT2D eigenvalue weighted by Gasteiger charge is 2.65. The molecule has 32 heavy (non-hydrogen) atoms. The number of fused-ring (bicyclic) bond motifs is 5. The smallest absolute Gasteiger partial charge is 0.136 e. The van der Waals surface area contributed by atoms with Gasteiger partial charge in [-0.15, -0.1) is 0 Å². The van der Waals surface area contributed by atoms with Crippen LogP contribution in [0.4, 0.5) is 0 Å². The Morgan fingerprint density at radius 1 is 0.875 bits per heavy atom.